The number of aromatic nitrogens is 1. The monoisotopic (exact) mass is 498 g/mol. The van der Waals surface area contributed by atoms with Crippen LogP contribution in [-0.4, -0.2) is 24.6 Å². The van der Waals surface area contributed by atoms with Gasteiger partial charge in [-0.1, -0.05) is 59.3 Å². The highest BCUT2D eigenvalue weighted by molar-refractivity contribution is 7.92. The number of amides is 1. The minimum atomic E-state index is -3.51. The summed E-state index contributed by atoms with van der Waals surface area (Å²) in [7, 11) is -3.51. The molecule has 0 saturated heterocycles. The molecule has 0 spiro atoms. The summed E-state index contributed by atoms with van der Waals surface area (Å²) >= 11 is 7.68. The second-order valence-corrected chi connectivity index (χ2v) is 11.9. The maximum Gasteiger partial charge on any atom is 0.260 e. The molecule has 0 radical (unpaired) electrons. The van der Waals surface area contributed by atoms with Gasteiger partial charge in [0.25, 0.3) is 5.91 Å². The quantitative estimate of drug-likeness (QED) is 0.313. The van der Waals surface area contributed by atoms with E-state index in [1.165, 1.54) is 23.5 Å². The van der Waals surface area contributed by atoms with Crippen molar-refractivity contribution >= 4 is 54.0 Å². The summed E-state index contributed by atoms with van der Waals surface area (Å²) in [6, 6.07) is 19.6. The van der Waals surface area contributed by atoms with Crippen molar-refractivity contribution < 1.29 is 13.2 Å². The average molecular weight is 499 g/mol. The van der Waals surface area contributed by atoms with Gasteiger partial charge in [-0.25, -0.2) is 13.4 Å². The Balaban J connectivity index is 1.81. The van der Waals surface area contributed by atoms with Gasteiger partial charge in [-0.05, 0) is 62.2 Å². The van der Waals surface area contributed by atoms with Crippen molar-refractivity contribution in [2.24, 2.45) is 0 Å². The van der Waals surface area contributed by atoms with E-state index in [2.05, 4.69) is 0 Å². The molecule has 5 nitrogen and oxygen atoms in total. The Morgan fingerprint density at radius 2 is 1.79 bits per heavy atom. The smallest absolute Gasteiger partial charge is 0.260 e. The number of rotatable bonds is 6. The van der Waals surface area contributed by atoms with Crippen LogP contribution >= 0.6 is 22.9 Å². The van der Waals surface area contributed by atoms with Crippen LogP contribution in [0.25, 0.3) is 10.2 Å². The van der Waals surface area contributed by atoms with Crippen molar-refractivity contribution in [1.82, 2.24) is 4.98 Å². The van der Waals surface area contributed by atoms with Crippen LogP contribution in [0.4, 0.5) is 5.13 Å². The van der Waals surface area contributed by atoms with Gasteiger partial charge in [0.1, 0.15) is 0 Å². The first kappa shape index (κ1) is 23.4. The number of benzene rings is 3. The SMILES string of the molecule is Cc1c(Cl)ccc2sc(N(Cc3ccccc3)C(=O)c3cccc(S(=O)(=O)C(C)C)c3)nc12. The first-order valence-electron chi connectivity index (χ1n) is 10.4. The van der Waals surface area contributed by atoms with Crippen molar-refractivity contribution in [3.63, 3.8) is 0 Å². The molecule has 0 unspecified atom stereocenters. The molecule has 0 atom stereocenters. The van der Waals surface area contributed by atoms with Gasteiger partial charge in [0, 0.05) is 10.6 Å². The first-order valence-corrected chi connectivity index (χ1v) is 13.2. The summed E-state index contributed by atoms with van der Waals surface area (Å²) in [6.45, 7) is 5.45. The predicted molar refractivity (Wildman–Crippen MR) is 135 cm³/mol. The van der Waals surface area contributed by atoms with E-state index < -0.39 is 15.1 Å². The van der Waals surface area contributed by atoms with E-state index in [-0.39, 0.29) is 10.8 Å². The maximum absolute atomic E-state index is 13.7. The molecule has 4 rings (SSSR count). The van der Waals surface area contributed by atoms with Crippen LogP contribution in [0.15, 0.2) is 71.6 Å². The standard InChI is InChI=1S/C25H23ClN2O3S2/c1-16(2)33(30,31)20-11-7-10-19(14-20)24(29)28(15-18-8-5-4-6-9-18)25-27-23-17(3)21(26)12-13-22(23)32-25/h4-14,16H,15H2,1-3H3. The Hall–Kier alpha value is -2.74. The average Bonchev–Trinajstić information content (AvgIpc) is 3.25. The molecule has 0 aliphatic carbocycles. The molecule has 0 fully saturated rings. The molecule has 4 aromatic rings. The maximum atomic E-state index is 13.7. The van der Waals surface area contributed by atoms with Crippen LogP contribution < -0.4 is 4.90 Å². The third-order valence-corrected chi connectivity index (χ3v) is 9.03. The summed E-state index contributed by atoms with van der Waals surface area (Å²) in [6.07, 6.45) is 0. The number of anilines is 1. The summed E-state index contributed by atoms with van der Waals surface area (Å²) in [5.41, 5.74) is 2.84. The Bertz CT molecular complexity index is 1430. The number of sulfone groups is 1. The van der Waals surface area contributed by atoms with E-state index in [1.807, 2.05) is 49.4 Å². The molecule has 3 aromatic carbocycles. The van der Waals surface area contributed by atoms with Crippen molar-refractivity contribution in [3.8, 4) is 0 Å². The number of thiazole rings is 1. The van der Waals surface area contributed by atoms with E-state index in [1.54, 1.807) is 30.9 Å². The molecule has 0 N–H and O–H groups in total. The van der Waals surface area contributed by atoms with Gasteiger partial charge in [-0.15, -0.1) is 0 Å². The Labute approximate surface area is 202 Å². The second-order valence-electron chi connectivity index (χ2n) is 8.01. The molecule has 0 saturated carbocycles. The second kappa shape index (κ2) is 9.25. The number of fused-ring (bicyclic) bond motifs is 1. The lowest BCUT2D eigenvalue weighted by Gasteiger charge is -2.20. The zero-order chi connectivity index (χ0) is 23.8. The van der Waals surface area contributed by atoms with E-state index in [0.717, 1.165) is 21.3 Å². The molecule has 33 heavy (non-hydrogen) atoms. The summed E-state index contributed by atoms with van der Waals surface area (Å²) in [5, 5.41) is 0.563. The molecule has 0 aliphatic heterocycles. The number of aryl methyl sites for hydroxylation is 1. The number of nitrogens with zero attached hydrogens (tertiary/aromatic N) is 2. The van der Waals surface area contributed by atoms with Gasteiger partial charge < -0.3 is 0 Å². The molecule has 1 amide bonds. The highest BCUT2D eigenvalue weighted by Crippen LogP contribution is 2.35. The summed E-state index contributed by atoms with van der Waals surface area (Å²) in [5.74, 6) is -0.317. The van der Waals surface area contributed by atoms with Crippen LogP contribution in [0.5, 0.6) is 0 Å². The van der Waals surface area contributed by atoms with Crippen molar-refractivity contribution in [3.05, 3.63) is 88.4 Å². The van der Waals surface area contributed by atoms with E-state index in [4.69, 9.17) is 16.6 Å². The van der Waals surface area contributed by atoms with Crippen LogP contribution in [0.3, 0.4) is 0 Å². The van der Waals surface area contributed by atoms with Crippen molar-refractivity contribution in [2.75, 3.05) is 4.90 Å². The molecule has 170 valence electrons. The highest BCUT2D eigenvalue weighted by atomic mass is 35.5. The van der Waals surface area contributed by atoms with Crippen molar-refractivity contribution in [2.45, 2.75) is 37.5 Å². The van der Waals surface area contributed by atoms with Crippen LogP contribution in [0.2, 0.25) is 5.02 Å². The Morgan fingerprint density at radius 3 is 2.48 bits per heavy atom. The number of hydrogen-bond donors (Lipinski definition) is 0. The van der Waals surface area contributed by atoms with Crippen LogP contribution in [0.1, 0.15) is 35.3 Å². The minimum Gasteiger partial charge on any atom is -0.279 e. The molecular weight excluding hydrogens is 476 g/mol. The number of halogens is 1. The minimum absolute atomic E-state index is 0.134. The summed E-state index contributed by atoms with van der Waals surface area (Å²) < 4.78 is 26.3. The normalized spacial score (nSPS) is 11.8. The fraction of sp³-hybridized carbons (Fsp3) is 0.200. The number of hydrogen-bond acceptors (Lipinski definition) is 5. The first-order chi connectivity index (χ1) is 15.7. The van der Waals surface area contributed by atoms with Gasteiger partial charge in [-0.3, -0.25) is 9.69 Å². The van der Waals surface area contributed by atoms with Gasteiger partial charge in [0.2, 0.25) is 0 Å². The summed E-state index contributed by atoms with van der Waals surface area (Å²) in [4.78, 5) is 20.2. The Morgan fingerprint density at radius 1 is 1.06 bits per heavy atom. The van der Waals surface area contributed by atoms with Gasteiger partial charge in [0.05, 0.1) is 26.9 Å². The third-order valence-electron chi connectivity index (χ3n) is 5.43. The Kier molecular flexibility index (Phi) is 6.56. The fourth-order valence-electron chi connectivity index (χ4n) is 3.43. The predicted octanol–water partition coefficient (Wildman–Crippen LogP) is 6.29. The number of carbonyl (C=O) groups is 1. The lowest BCUT2D eigenvalue weighted by Crippen LogP contribution is -2.30. The molecule has 0 bridgehead atoms. The van der Waals surface area contributed by atoms with Crippen LogP contribution in [-0.2, 0) is 16.4 Å². The fourth-order valence-corrected chi connectivity index (χ4v) is 5.71. The van der Waals surface area contributed by atoms with Gasteiger partial charge in [-0.2, -0.15) is 0 Å². The molecular formula is C25H23ClN2O3S2. The van der Waals surface area contributed by atoms with E-state index in [0.29, 0.717) is 22.3 Å². The molecule has 8 heteroatoms. The molecule has 1 aromatic heterocycles. The van der Waals surface area contributed by atoms with Gasteiger partial charge >= 0.3 is 0 Å². The third kappa shape index (κ3) is 4.67. The topological polar surface area (TPSA) is 67.3 Å². The highest BCUT2D eigenvalue weighted by Gasteiger charge is 2.25. The lowest BCUT2D eigenvalue weighted by molar-refractivity contribution is 0.0985. The zero-order valence-electron chi connectivity index (χ0n) is 18.4. The van der Waals surface area contributed by atoms with Gasteiger partial charge in [0.15, 0.2) is 15.0 Å². The van der Waals surface area contributed by atoms with E-state index in [9.17, 15) is 13.2 Å². The van der Waals surface area contributed by atoms with E-state index >= 15 is 0 Å². The van der Waals surface area contributed by atoms with Crippen LogP contribution in [0, 0.1) is 6.92 Å². The number of carbonyl (C=O) groups excluding carboxylic acids is 1. The molecule has 0 aliphatic rings. The largest absolute Gasteiger partial charge is 0.279 e. The molecule has 1 heterocycles. The van der Waals surface area contributed by atoms with Crippen molar-refractivity contribution in [1.29, 1.82) is 0 Å². The lowest BCUT2D eigenvalue weighted by atomic mass is 10.1. The zero-order valence-corrected chi connectivity index (χ0v) is 20.8.